The second-order valence-corrected chi connectivity index (χ2v) is 10.1. The third-order valence-corrected chi connectivity index (χ3v) is 6.54. The summed E-state index contributed by atoms with van der Waals surface area (Å²) in [6, 6.07) is 15.5. The van der Waals surface area contributed by atoms with E-state index in [-0.39, 0.29) is 12.7 Å². The van der Waals surface area contributed by atoms with Gasteiger partial charge in [0.2, 0.25) is 0 Å². The summed E-state index contributed by atoms with van der Waals surface area (Å²) in [5, 5.41) is 29.5. The Kier molecular flexibility index (Phi) is 6.74. The molecular formula is C27H26N5O3Si. The van der Waals surface area contributed by atoms with E-state index in [0.29, 0.717) is 11.7 Å². The van der Waals surface area contributed by atoms with Crippen LogP contribution < -0.4 is 4.74 Å². The number of ether oxygens (including phenoxy) is 1. The minimum absolute atomic E-state index is 0.201. The Bertz CT molecular complexity index is 1340. The number of nitrogens with one attached hydrogen (secondary N) is 1. The Morgan fingerprint density at radius 2 is 1.86 bits per heavy atom. The van der Waals surface area contributed by atoms with Crippen molar-refractivity contribution < 1.29 is 14.9 Å². The molecule has 0 saturated heterocycles. The van der Waals surface area contributed by atoms with Crippen molar-refractivity contribution in [1.29, 1.82) is 0 Å². The van der Waals surface area contributed by atoms with Crippen molar-refractivity contribution in [3.05, 3.63) is 84.2 Å². The van der Waals surface area contributed by atoms with Crippen LogP contribution in [0, 0.1) is 11.8 Å². The zero-order chi connectivity index (χ0) is 25.1. The Balaban J connectivity index is 1.20. The lowest BCUT2D eigenvalue weighted by Crippen LogP contribution is -2.32. The van der Waals surface area contributed by atoms with E-state index in [1.807, 2.05) is 36.4 Å². The highest BCUT2D eigenvalue weighted by molar-refractivity contribution is 6.13. The third-order valence-electron chi connectivity index (χ3n) is 6.32. The SMILES string of the molecule is C[C@](O)([Si])c1nccn1[C@@H](C#Cc1ccc(-c2ccc(OC3CC(c4cn[nH]n4)C3)cc2)cc1)CO. The number of rotatable bonds is 7. The highest BCUT2D eigenvalue weighted by Crippen LogP contribution is 2.38. The standard InChI is InChI=1S/C27H26N5O3Si/c1-27(34,36)26-28-12-13-32(26)22(17-33)9-4-18-2-5-19(6-3-18)20-7-10-23(11-8-20)35-24-14-21(15-24)25-16-29-31-30-25/h2-3,5-8,10-13,16,21-22,24,33-34H,14-15,17H2,1H3,(H,29,30,31)/t21?,22-,24?,27-/m0/s1. The van der Waals surface area contributed by atoms with E-state index in [1.165, 1.54) is 0 Å². The second-order valence-electron chi connectivity index (χ2n) is 9.10. The molecule has 1 aliphatic rings. The number of aromatic amines is 1. The van der Waals surface area contributed by atoms with Gasteiger partial charge in [-0.1, -0.05) is 36.1 Å². The van der Waals surface area contributed by atoms with Crippen LogP contribution in [-0.2, 0) is 5.22 Å². The molecule has 4 aromatic rings. The molecule has 0 unspecified atom stereocenters. The van der Waals surface area contributed by atoms with Crippen LogP contribution in [0.15, 0.2) is 67.1 Å². The lowest BCUT2D eigenvalue weighted by Gasteiger charge is -2.34. The number of aliphatic hydroxyl groups excluding tert-OH is 1. The highest BCUT2D eigenvalue weighted by atomic mass is 28.1. The topological polar surface area (TPSA) is 109 Å². The molecule has 0 bridgehead atoms. The van der Waals surface area contributed by atoms with E-state index in [9.17, 15) is 10.2 Å². The number of aliphatic hydroxyl groups is 2. The Morgan fingerprint density at radius 3 is 2.47 bits per heavy atom. The van der Waals surface area contributed by atoms with Crippen molar-refractivity contribution in [2.75, 3.05) is 6.61 Å². The minimum atomic E-state index is -1.32. The van der Waals surface area contributed by atoms with Crippen molar-refractivity contribution in [1.82, 2.24) is 25.0 Å². The van der Waals surface area contributed by atoms with Crippen LogP contribution in [0.4, 0.5) is 0 Å². The predicted octanol–water partition coefficient (Wildman–Crippen LogP) is 2.91. The van der Waals surface area contributed by atoms with Crippen LogP contribution >= 0.6 is 0 Å². The number of imidazole rings is 1. The van der Waals surface area contributed by atoms with Crippen molar-refractivity contribution in [2.24, 2.45) is 0 Å². The summed E-state index contributed by atoms with van der Waals surface area (Å²) in [5.74, 6) is 7.84. The predicted molar refractivity (Wildman–Crippen MR) is 135 cm³/mol. The quantitative estimate of drug-likeness (QED) is 0.268. The van der Waals surface area contributed by atoms with Gasteiger partial charge in [0.15, 0.2) is 0 Å². The zero-order valence-electron chi connectivity index (χ0n) is 19.8. The number of hydrogen-bond acceptors (Lipinski definition) is 6. The third kappa shape index (κ3) is 5.26. The summed E-state index contributed by atoms with van der Waals surface area (Å²) in [6.07, 6.45) is 7.15. The summed E-state index contributed by atoms with van der Waals surface area (Å²) in [4.78, 5) is 4.17. The largest absolute Gasteiger partial charge is 0.490 e. The maximum atomic E-state index is 10.2. The molecule has 2 aromatic carbocycles. The highest BCUT2D eigenvalue weighted by Gasteiger charge is 2.33. The summed E-state index contributed by atoms with van der Waals surface area (Å²) in [5.41, 5.74) is 4.00. The van der Waals surface area contributed by atoms with E-state index in [1.54, 1.807) is 30.1 Å². The van der Waals surface area contributed by atoms with Gasteiger partial charge in [-0.3, -0.25) is 0 Å². The van der Waals surface area contributed by atoms with E-state index < -0.39 is 11.3 Å². The summed E-state index contributed by atoms with van der Waals surface area (Å²) in [6.45, 7) is 1.37. The van der Waals surface area contributed by atoms with Crippen LogP contribution in [0.1, 0.15) is 48.8 Å². The van der Waals surface area contributed by atoms with Crippen molar-refractivity contribution >= 4 is 10.2 Å². The molecule has 3 N–H and O–H groups in total. The number of nitrogens with zero attached hydrogens (tertiary/aromatic N) is 4. The van der Waals surface area contributed by atoms with E-state index in [2.05, 4.69) is 54.6 Å². The van der Waals surface area contributed by atoms with Gasteiger partial charge in [0, 0.05) is 23.9 Å². The van der Waals surface area contributed by atoms with Gasteiger partial charge < -0.3 is 19.5 Å². The van der Waals surface area contributed by atoms with Gasteiger partial charge in [-0.2, -0.15) is 15.4 Å². The van der Waals surface area contributed by atoms with Crippen LogP contribution in [0.3, 0.4) is 0 Å². The summed E-state index contributed by atoms with van der Waals surface area (Å²) >= 11 is 0. The van der Waals surface area contributed by atoms with Crippen molar-refractivity contribution in [3.63, 3.8) is 0 Å². The lowest BCUT2D eigenvalue weighted by atomic mass is 9.80. The van der Waals surface area contributed by atoms with Crippen LogP contribution in [0.2, 0.25) is 0 Å². The van der Waals surface area contributed by atoms with Gasteiger partial charge in [0.25, 0.3) is 0 Å². The Morgan fingerprint density at radius 1 is 1.17 bits per heavy atom. The van der Waals surface area contributed by atoms with E-state index in [4.69, 9.17) is 4.74 Å². The molecule has 1 aliphatic carbocycles. The summed E-state index contributed by atoms with van der Waals surface area (Å²) in [7, 11) is 3.26. The Hall–Kier alpha value is -3.71. The minimum Gasteiger partial charge on any atom is -0.490 e. The van der Waals surface area contributed by atoms with Gasteiger partial charge in [0.1, 0.15) is 22.8 Å². The second kappa shape index (κ2) is 10.1. The molecule has 0 aliphatic heterocycles. The van der Waals surface area contributed by atoms with Gasteiger partial charge in [-0.25, -0.2) is 4.98 Å². The van der Waals surface area contributed by atoms with Gasteiger partial charge in [-0.05, 0) is 55.2 Å². The average Bonchev–Trinajstić information content (AvgIpc) is 3.55. The normalized spacial score (nSPS) is 19.4. The van der Waals surface area contributed by atoms with Crippen LogP contribution in [0.25, 0.3) is 11.1 Å². The molecule has 3 radical (unpaired) electrons. The first kappa shape index (κ1) is 24.0. The first-order valence-corrected chi connectivity index (χ1v) is 12.3. The average molecular weight is 497 g/mol. The molecule has 1 saturated carbocycles. The van der Waals surface area contributed by atoms with Gasteiger partial charge in [-0.15, -0.1) is 0 Å². The monoisotopic (exact) mass is 496 g/mol. The molecule has 0 spiro atoms. The molecule has 9 heteroatoms. The fourth-order valence-corrected chi connectivity index (χ4v) is 4.48. The lowest BCUT2D eigenvalue weighted by molar-refractivity contribution is 0.0970. The van der Waals surface area contributed by atoms with Crippen LogP contribution in [0.5, 0.6) is 5.75 Å². The van der Waals surface area contributed by atoms with E-state index in [0.717, 1.165) is 41.0 Å². The molecule has 8 nitrogen and oxygen atoms in total. The number of hydrogen-bond donors (Lipinski definition) is 3. The fourth-order valence-electron chi connectivity index (χ4n) is 4.29. The molecule has 2 aromatic heterocycles. The number of aromatic nitrogens is 5. The van der Waals surface area contributed by atoms with Crippen molar-refractivity contribution in [3.8, 4) is 28.7 Å². The molecular weight excluding hydrogens is 470 g/mol. The molecule has 2 atom stereocenters. The maximum Gasteiger partial charge on any atom is 0.137 e. The summed E-state index contributed by atoms with van der Waals surface area (Å²) < 4.78 is 7.75. The Labute approximate surface area is 212 Å². The van der Waals surface area contributed by atoms with Gasteiger partial charge in [0.05, 0.1) is 34.8 Å². The first-order chi connectivity index (χ1) is 17.4. The number of H-pyrrole nitrogens is 1. The van der Waals surface area contributed by atoms with Crippen molar-refractivity contribution in [2.45, 2.75) is 43.1 Å². The fraction of sp³-hybridized carbons (Fsp3) is 0.296. The zero-order valence-corrected chi connectivity index (χ0v) is 20.8. The van der Waals surface area contributed by atoms with Crippen LogP contribution in [-0.4, -0.2) is 58.1 Å². The molecule has 181 valence electrons. The van der Waals surface area contributed by atoms with Gasteiger partial charge >= 0.3 is 0 Å². The van der Waals surface area contributed by atoms with E-state index >= 15 is 0 Å². The molecule has 5 rings (SSSR count). The smallest absolute Gasteiger partial charge is 0.137 e. The number of benzene rings is 2. The molecule has 0 amide bonds. The molecule has 2 heterocycles. The molecule has 36 heavy (non-hydrogen) atoms. The maximum absolute atomic E-state index is 10.2. The molecule has 1 fully saturated rings. The first-order valence-electron chi connectivity index (χ1n) is 11.8.